The van der Waals surface area contributed by atoms with Gasteiger partial charge in [-0.1, -0.05) is 6.42 Å². The molecule has 2 unspecified atom stereocenters. The van der Waals surface area contributed by atoms with Crippen LogP contribution in [0.25, 0.3) is 0 Å². The van der Waals surface area contributed by atoms with E-state index < -0.39 is 10.8 Å². The summed E-state index contributed by atoms with van der Waals surface area (Å²) >= 11 is 0. The first-order chi connectivity index (χ1) is 8.06. The van der Waals surface area contributed by atoms with Crippen LogP contribution in [0.15, 0.2) is 0 Å². The molecule has 102 valence electrons. The first-order valence-electron chi connectivity index (χ1n) is 6.25. The molecular weight excluding hydrogens is 238 g/mol. The van der Waals surface area contributed by atoms with E-state index in [4.69, 9.17) is 4.74 Å². The Morgan fingerprint density at radius 2 is 2.06 bits per heavy atom. The monoisotopic (exact) mass is 263 g/mol. The van der Waals surface area contributed by atoms with Crippen molar-refractivity contribution in [2.24, 2.45) is 0 Å². The largest absolute Gasteiger partial charge is 0.466 e. The van der Waals surface area contributed by atoms with Crippen molar-refractivity contribution in [2.75, 3.05) is 25.2 Å². The Kier molecular flexibility index (Phi) is 10.5. The predicted molar refractivity (Wildman–Crippen MR) is 71.5 cm³/mol. The molecule has 0 rings (SSSR count). The van der Waals surface area contributed by atoms with E-state index in [0.717, 1.165) is 25.8 Å². The molecule has 0 saturated heterocycles. The third kappa shape index (κ3) is 11.8. The zero-order chi connectivity index (χ0) is 13.1. The Balaban J connectivity index is 3.29. The smallest absolute Gasteiger partial charge is 0.305 e. The summed E-state index contributed by atoms with van der Waals surface area (Å²) in [6, 6.07) is 0.297. The Morgan fingerprint density at radius 3 is 2.65 bits per heavy atom. The minimum atomic E-state index is -0.737. The molecule has 0 aliphatic heterocycles. The average molecular weight is 263 g/mol. The maximum absolute atomic E-state index is 11.0. The maximum atomic E-state index is 11.0. The molecule has 0 aliphatic rings. The maximum Gasteiger partial charge on any atom is 0.305 e. The Hall–Kier alpha value is -0.420. The number of hydrogen-bond donors (Lipinski definition) is 1. The molecule has 17 heavy (non-hydrogen) atoms. The van der Waals surface area contributed by atoms with Crippen LogP contribution in [0.5, 0.6) is 0 Å². The molecule has 0 saturated carbocycles. The topological polar surface area (TPSA) is 55.4 Å². The summed E-state index contributed by atoms with van der Waals surface area (Å²) in [7, 11) is -0.737. The van der Waals surface area contributed by atoms with Gasteiger partial charge in [-0.25, -0.2) is 0 Å². The fraction of sp³-hybridized carbons (Fsp3) is 0.917. The third-order valence-electron chi connectivity index (χ3n) is 2.34. The molecule has 1 N–H and O–H groups in total. The van der Waals surface area contributed by atoms with Crippen molar-refractivity contribution < 1.29 is 13.7 Å². The first kappa shape index (κ1) is 16.6. The van der Waals surface area contributed by atoms with Crippen LogP contribution in [-0.2, 0) is 20.3 Å². The molecule has 0 spiro atoms. The minimum absolute atomic E-state index is 0.102. The van der Waals surface area contributed by atoms with Crippen LogP contribution >= 0.6 is 0 Å². The van der Waals surface area contributed by atoms with Crippen molar-refractivity contribution >= 4 is 16.8 Å². The zero-order valence-electron chi connectivity index (χ0n) is 11.2. The van der Waals surface area contributed by atoms with Crippen LogP contribution in [0, 0.1) is 0 Å². The van der Waals surface area contributed by atoms with Gasteiger partial charge in [0.2, 0.25) is 0 Å². The lowest BCUT2D eigenvalue weighted by Crippen LogP contribution is -2.31. The van der Waals surface area contributed by atoms with Gasteiger partial charge >= 0.3 is 5.97 Å². The van der Waals surface area contributed by atoms with Crippen molar-refractivity contribution in [3.8, 4) is 0 Å². The fourth-order valence-corrected chi connectivity index (χ4v) is 2.39. The normalized spacial score (nSPS) is 14.3. The van der Waals surface area contributed by atoms with Gasteiger partial charge in [0.25, 0.3) is 0 Å². The lowest BCUT2D eigenvalue weighted by molar-refractivity contribution is -0.143. The van der Waals surface area contributed by atoms with E-state index in [1.165, 1.54) is 0 Å². The molecule has 0 fully saturated rings. The van der Waals surface area contributed by atoms with Crippen LogP contribution in [0.4, 0.5) is 0 Å². The van der Waals surface area contributed by atoms with Gasteiger partial charge in [0.1, 0.15) is 0 Å². The second-order valence-electron chi connectivity index (χ2n) is 4.21. The molecule has 0 aliphatic carbocycles. The number of esters is 1. The first-order valence-corrected chi connectivity index (χ1v) is 7.98. The highest BCUT2D eigenvalue weighted by atomic mass is 32.2. The number of rotatable bonds is 10. The number of ether oxygens (including phenoxy) is 1. The lowest BCUT2D eigenvalue weighted by atomic mass is 10.2. The quantitative estimate of drug-likeness (QED) is 0.479. The number of hydrogen-bond acceptors (Lipinski definition) is 4. The van der Waals surface area contributed by atoms with Gasteiger partial charge in [-0.2, -0.15) is 0 Å². The molecule has 0 aromatic rings. The van der Waals surface area contributed by atoms with Gasteiger partial charge < -0.3 is 10.1 Å². The van der Waals surface area contributed by atoms with E-state index in [-0.39, 0.29) is 5.97 Å². The van der Waals surface area contributed by atoms with Crippen LogP contribution in [0.1, 0.15) is 39.5 Å². The minimum Gasteiger partial charge on any atom is -0.466 e. The van der Waals surface area contributed by atoms with Crippen molar-refractivity contribution in [2.45, 2.75) is 45.6 Å². The molecule has 0 aromatic carbocycles. The van der Waals surface area contributed by atoms with Gasteiger partial charge in [-0.05, 0) is 33.2 Å². The van der Waals surface area contributed by atoms with Crippen molar-refractivity contribution in [3.05, 3.63) is 0 Å². The number of unbranched alkanes of at least 4 members (excludes halogenated alkanes) is 2. The van der Waals surface area contributed by atoms with E-state index in [9.17, 15) is 9.00 Å². The third-order valence-corrected chi connectivity index (χ3v) is 3.31. The van der Waals surface area contributed by atoms with Gasteiger partial charge in [-0.15, -0.1) is 0 Å². The fourth-order valence-electron chi connectivity index (χ4n) is 1.56. The zero-order valence-corrected chi connectivity index (χ0v) is 12.0. The van der Waals surface area contributed by atoms with Crippen molar-refractivity contribution in [1.82, 2.24) is 5.32 Å². The highest BCUT2D eigenvalue weighted by Gasteiger charge is 2.03. The highest BCUT2D eigenvalue weighted by molar-refractivity contribution is 7.84. The molecule has 0 aromatic heterocycles. The summed E-state index contributed by atoms with van der Waals surface area (Å²) in [6.07, 6.45) is 5.18. The molecule has 2 atom stereocenters. The number of carbonyl (C=O) groups excluding carboxylic acids is 1. The summed E-state index contributed by atoms with van der Waals surface area (Å²) in [5, 5.41) is 3.32. The van der Waals surface area contributed by atoms with E-state index in [0.29, 0.717) is 24.8 Å². The molecule has 0 amide bonds. The summed E-state index contributed by atoms with van der Waals surface area (Å²) < 4.78 is 15.8. The average Bonchev–Trinajstić information content (AvgIpc) is 2.22. The lowest BCUT2D eigenvalue weighted by Gasteiger charge is -2.11. The van der Waals surface area contributed by atoms with Crippen molar-refractivity contribution in [1.29, 1.82) is 0 Å². The van der Waals surface area contributed by atoms with Gasteiger partial charge in [-0.3, -0.25) is 9.00 Å². The van der Waals surface area contributed by atoms with Gasteiger partial charge in [0.15, 0.2) is 0 Å². The Labute approximate surface area is 107 Å². The molecule has 5 heteroatoms. The van der Waals surface area contributed by atoms with Gasteiger partial charge in [0, 0.05) is 35.3 Å². The van der Waals surface area contributed by atoms with Crippen LogP contribution in [-0.4, -0.2) is 41.4 Å². The molecule has 0 heterocycles. The highest BCUT2D eigenvalue weighted by Crippen LogP contribution is 2.01. The van der Waals surface area contributed by atoms with E-state index in [1.807, 2.05) is 13.8 Å². The predicted octanol–water partition coefficient (Wildman–Crippen LogP) is 1.47. The summed E-state index contributed by atoms with van der Waals surface area (Å²) in [6.45, 7) is 5.24. The molecule has 0 bridgehead atoms. The van der Waals surface area contributed by atoms with Gasteiger partial charge in [0.05, 0.1) is 6.61 Å². The van der Waals surface area contributed by atoms with Crippen LogP contribution in [0.3, 0.4) is 0 Å². The van der Waals surface area contributed by atoms with Crippen LogP contribution < -0.4 is 5.32 Å². The summed E-state index contributed by atoms with van der Waals surface area (Å²) in [5.41, 5.74) is 0. The molecular formula is C12H25NO3S. The van der Waals surface area contributed by atoms with Crippen molar-refractivity contribution in [3.63, 3.8) is 0 Å². The van der Waals surface area contributed by atoms with E-state index >= 15 is 0 Å². The summed E-state index contributed by atoms with van der Waals surface area (Å²) in [4.78, 5) is 11.0. The molecule has 0 radical (unpaired) electrons. The van der Waals surface area contributed by atoms with E-state index in [2.05, 4.69) is 5.32 Å². The standard InChI is InChI=1S/C12H25NO3S/c1-4-16-12(14)8-6-5-7-9-13-11(2)10-17(3)15/h11,13H,4-10H2,1-3H3. The second kappa shape index (κ2) is 10.7. The summed E-state index contributed by atoms with van der Waals surface area (Å²) in [5.74, 6) is 0.596. The van der Waals surface area contributed by atoms with Crippen LogP contribution in [0.2, 0.25) is 0 Å². The molecule has 4 nitrogen and oxygen atoms in total. The Morgan fingerprint density at radius 1 is 1.35 bits per heavy atom. The second-order valence-corrected chi connectivity index (χ2v) is 5.69. The SMILES string of the molecule is CCOC(=O)CCCCCNC(C)CS(C)=O. The Bertz CT molecular complexity index is 234. The number of nitrogens with one attached hydrogen (secondary N) is 1. The van der Waals surface area contributed by atoms with E-state index in [1.54, 1.807) is 6.26 Å². The number of carbonyl (C=O) groups is 1.